The molecule has 0 aliphatic rings. The summed E-state index contributed by atoms with van der Waals surface area (Å²) in [7, 11) is 0. The normalized spacial score (nSPS) is 10.6. The zero-order valence-electron chi connectivity index (χ0n) is 16.1. The van der Waals surface area contributed by atoms with E-state index in [1.165, 1.54) is 0 Å². The SMILES string of the molecule is NC(=O)c1cc(-c2ccccc2)c(-c2ccc(Cl)cc2)nc1OCc1ccccc1. The second-order valence-electron chi connectivity index (χ2n) is 6.75. The van der Waals surface area contributed by atoms with Crippen molar-refractivity contribution in [3.63, 3.8) is 0 Å². The number of carbonyl (C=O) groups excluding carboxylic acids is 1. The van der Waals surface area contributed by atoms with E-state index in [9.17, 15) is 4.79 Å². The Morgan fingerprint density at radius 1 is 0.867 bits per heavy atom. The van der Waals surface area contributed by atoms with Crippen LogP contribution in [-0.4, -0.2) is 10.9 Å². The summed E-state index contributed by atoms with van der Waals surface area (Å²) in [5.74, 6) is -0.388. The van der Waals surface area contributed by atoms with Crippen LogP contribution in [0.2, 0.25) is 5.02 Å². The van der Waals surface area contributed by atoms with Gasteiger partial charge in [-0.3, -0.25) is 4.79 Å². The van der Waals surface area contributed by atoms with Gasteiger partial charge in [-0.2, -0.15) is 0 Å². The molecule has 0 atom stereocenters. The molecule has 0 unspecified atom stereocenters. The van der Waals surface area contributed by atoms with Gasteiger partial charge in [0.2, 0.25) is 5.88 Å². The second-order valence-corrected chi connectivity index (χ2v) is 7.19. The van der Waals surface area contributed by atoms with Gasteiger partial charge in [0.05, 0.1) is 5.69 Å². The number of hydrogen-bond acceptors (Lipinski definition) is 3. The van der Waals surface area contributed by atoms with Crippen molar-refractivity contribution in [3.8, 4) is 28.3 Å². The van der Waals surface area contributed by atoms with Gasteiger partial charge in [0, 0.05) is 16.1 Å². The number of rotatable bonds is 6. The van der Waals surface area contributed by atoms with Crippen molar-refractivity contribution < 1.29 is 9.53 Å². The van der Waals surface area contributed by atoms with Crippen LogP contribution < -0.4 is 10.5 Å². The van der Waals surface area contributed by atoms with Gasteiger partial charge in [-0.25, -0.2) is 4.98 Å². The molecule has 0 radical (unpaired) electrons. The van der Waals surface area contributed by atoms with Crippen LogP contribution in [0.25, 0.3) is 22.4 Å². The fourth-order valence-corrected chi connectivity index (χ4v) is 3.30. The quantitative estimate of drug-likeness (QED) is 0.437. The number of halogens is 1. The number of primary amides is 1. The molecular formula is C25H19ClN2O2. The van der Waals surface area contributed by atoms with Gasteiger partial charge in [-0.1, -0.05) is 84.4 Å². The Kier molecular flexibility index (Phi) is 5.77. The van der Waals surface area contributed by atoms with Crippen LogP contribution >= 0.6 is 11.6 Å². The number of amides is 1. The lowest BCUT2D eigenvalue weighted by Crippen LogP contribution is -2.15. The lowest BCUT2D eigenvalue weighted by molar-refractivity contribution is 0.0995. The molecule has 1 aromatic heterocycles. The van der Waals surface area contributed by atoms with E-state index >= 15 is 0 Å². The number of hydrogen-bond donors (Lipinski definition) is 1. The van der Waals surface area contributed by atoms with Gasteiger partial charge >= 0.3 is 0 Å². The minimum Gasteiger partial charge on any atom is -0.472 e. The van der Waals surface area contributed by atoms with Crippen LogP contribution in [0.5, 0.6) is 5.88 Å². The number of ether oxygens (including phenoxy) is 1. The number of nitrogens with zero attached hydrogens (tertiary/aromatic N) is 1. The summed E-state index contributed by atoms with van der Waals surface area (Å²) in [4.78, 5) is 16.9. The third-order valence-electron chi connectivity index (χ3n) is 4.67. The average Bonchev–Trinajstić information content (AvgIpc) is 2.79. The molecular weight excluding hydrogens is 396 g/mol. The van der Waals surface area contributed by atoms with Crippen LogP contribution in [0.4, 0.5) is 0 Å². The molecule has 4 nitrogen and oxygen atoms in total. The van der Waals surface area contributed by atoms with E-state index in [1.807, 2.05) is 72.8 Å². The van der Waals surface area contributed by atoms with Gasteiger partial charge in [-0.05, 0) is 29.3 Å². The Morgan fingerprint density at radius 2 is 1.50 bits per heavy atom. The minimum absolute atomic E-state index is 0.205. The van der Waals surface area contributed by atoms with Crippen molar-refractivity contribution in [2.45, 2.75) is 6.61 Å². The topological polar surface area (TPSA) is 65.2 Å². The molecule has 148 valence electrons. The summed E-state index contributed by atoms with van der Waals surface area (Å²) in [5, 5.41) is 0.634. The molecule has 0 bridgehead atoms. The maximum atomic E-state index is 12.2. The summed E-state index contributed by atoms with van der Waals surface area (Å²) in [6, 6.07) is 28.6. The van der Waals surface area contributed by atoms with E-state index in [-0.39, 0.29) is 18.1 Å². The zero-order valence-corrected chi connectivity index (χ0v) is 16.8. The first-order chi connectivity index (χ1) is 14.6. The molecule has 30 heavy (non-hydrogen) atoms. The highest BCUT2D eigenvalue weighted by Gasteiger charge is 2.19. The number of carbonyl (C=O) groups is 1. The number of nitrogens with two attached hydrogens (primary N) is 1. The largest absolute Gasteiger partial charge is 0.472 e. The molecule has 0 saturated heterocycles. The predicted octanol–water partition coefficient (Wildman–Crippen LogP) is 5.75. The maximum Gasteiger partial charge on any atom is 0.254 e. The van der Waals surface area contributed by atoms with Crippen molar-refractivity contribution >= 4 is 17.5 Å². The van der Waals surface area contributed by atoms with Crippen LogP contribution in [0, 0.1) is 0 Å². The van der Waals surface area contributed by atoms with Crippen LogP contribution in [0.1, 0.15) is 15.9 Å². The third-order valence-corrected chi connectivity index (χ3v) is 4.93. The molecule has 1 amide bonds. The van der Waals surface area contributed by atoms with E-state index in [0.29, 0.717) is 10.7 Å². The summed E-state index contributed by atoms with van der Waals surface area (Å²) >= 11 is 6.07. The molecule has 5 heteroatoms. The fourth-order valence-electron chi connectivity index (χ4n) is 3.17. The van der Waals surface area contributed by atoms with Gasteiger partial charge < -0.3 is 10.5 Å². The molecule has 1 heterocycles. The Labute approximate surface area is 179 Å². The van der Waals surface area contributed by atoms with E-state index in [4.69, 9.17) is 27.1 Å². The van der Waals surface area contributed by atoms with E-state index in [2.05, 4.69) is 0 Å². The maximum absolute atomic E-state index is 12.2. The Morgan fingerprint density at radius 3 is 2.13 bits per heavy atom. The van der Waals surface area contributed by atoms with E-state index < -0.39 is 5.91 Å². The van der Waals surface area contributed by atoms with Crippen LogP contribution in [0.15, 0.2) is 91.0 Å². The Hall–Kier alpha value is -3.63. The van der Waals surface area contributed by atoms with Gasteiger partial charge in [0.1, 0.15) is 12.2 Å². The molecule has 4 aromatic rings. The molecule has 0 fully saturated rings. The van der Waals surface area contributed by atoms with Crippen LogP contribution in [-0.2, 0) is 6.61 Å². The number of benzene rings is 3. The standard InChI is InChI=1S/C25H19ClN2O2/c26-20-13-11-19(12-14-20)23-21(18-9-5-2-6-10-18)15-22(24(27)29)25(28-23)30-16-17-7-3-1-4-8-17/h1-15H,16H2,(H2,27,29). The summed E-state index contributed by atoms with van der Waals surface area (Å²) < 4.78 is 5.92. The van der Waals surface area contributed by atoms with Crippen molar-refractivity contribution in [2.75, 3.05) is 0 Å². The summed E-state index contributed by atoms with van der Waals surface area (Å²) in [5.41, 5.74) is 10.1. The third kappa shape index (κ3) is 4.34. The molecule has 0 spiro atoms. The zero-order chi connectivity index (χ0) is 20.9. The Balaban J connectivity index is 1.84. The molecule has 3 aromatic carbocycles. The molecule has 2 N–H and O–H groups in total. The molecule has 0 aliphatic heterocycles. The highest BCUT2D eigenvalue weighted by atomic mass is 35.5. The fraction of sp³-hybridized carbons (Fsp3) is 0.0400. The average molecular weight is 415 g/mol. The van der Waals surface area contributed by atoms with Gasteiger partial charge in [0.25, 0.3) is 5.91 Å². The number of pyridine rings is 1. The second kappa shape index (κ2) is 8.80. The highest BCUT2D eigenvalue weighted by Crippen LogP contribution is 2.35. The van der Waals surface area contributed by atoms with E-state index in [1.54, 1.807) is 18.2 Å². The summed E-state index contributed by atoms with van der Waals surface area (Å²) in [6.07, 6.45) is 0. The first kappa shape index (κ1) is 19.7. The van der Waals surface area contributed by atoms with Crippen molar-refractivity contribution in [3.05, 3.63) is 107 Å². The smallest absolute Gasteiger partial charge is 0.254 e. The lowest BCUT2D eigenvalue weighted by Gasteiger charge is -2.15. The highest BCUT2D eigenvalue weighted by molar-refractivity contribution is 6.30. The van der Waals surface area contributed by atoms with Crippen LogP contribution in [0.3, 0.4) is 0 Å². The number of aromatic nitrogens is 1. The molecule has 0 aliphatic carbocycles. The van der Waals surface area contributed by atoms with Gasteiger partial charge in [-0.15, -0.1) is 0 Å². The molecule has 4 rings (SSSR count). The van der Waals surface area contributed by atoms with Crippen molar-refractivity contribution in [1.29, 1.82) is 0 Å². The lowest BCUT2D eigenvalue weighted by atomic mass is 9.97. The van der Waals surface area contributed by atoms with E-state index in [0.717, 1.165) is 22.3 Å². The molecule has 0 saturated carbocycles. The van der Waals surface area contributed by atoms with Crippen molar-refractivity contribution in [2.24, 2.45) is 5.73 Å². The Bertz CT molecular complexity index is 1160. The minimum atomic E-state index is -0.592. The summed E-state index contributed by atoms with van der Waals surface area (Å²) in [6.45, 7) is 0.277. The first-order valence-corrected chi connectivity index (χ1v) is 9.82. The first-order valence-electron chi connectivity index (χ1n) is 9.45. The van der Waals surface area contributed by atoms with Crippen molar-refractivity contribution in [1.82, 2.24) is 4.98 Å². The monoisotopic (exact) mass is 414 g/mol. The predicted molar refractivity (Wildman–Crippen MR) is 119 cm³/mol. The van der Waals surface area contributed by atoms with Gasteiger partial charge in [0.15, 0.2) is 0 Å².